The van der Waals surface area contributed by atoms with Crippen molar-refractivity contribution in [3.05, 3.63) is 84.2 Å². The molecule has 2 fully saturated rings. The number of aryl methyl sites for hydroxylation is 1. The molecule has 5 aromatic rings. The van der Waals surface area contributed by atoms with Crippen LogP contribution in [0, 0.1) is 0 Å². The van der Waals surface area contributed by atoms with Crippen molar-refractivity contribution in [3.8, 4) is 17.1 Å². The minimum absolute atomic E-state index is 0.587. The molecular weight excluding hydrogens is 450 g/mol. The van der Waals surface area contributed by atoms with E-state index in [1.54, 1.807) is 11.1 Å². The first kappa shape index (κ1) is 22.8. The Morgan fingerprint density at radius 3 is 2.16 bits per heavy atom. The molecule has 2 aliphatic carbocycles. The first-order valence-corrected chi connectivity index (χ1v) is 14.4. The molecule has 7 rings (SSSR count). The highest BCUT2D eigenvalue weighted by atomic mass is 15.1. The van der Waals surface area contributed by atoms with E-state index in [2.05, 4.69) is 83.0 Å². The fourth-order valence-corrected chi connectivity index (χ4v) is 7.44. The van der Waals surface area contributed by atoms with Crippen molar-refractivity contribution in [2.24, 2.45) is 7.05 Å². The second kappa shape index (κ2) is 9.52. The maximum Gasteiger partial charge on any atom is 0.144 e. The van der Waals surface area contributed by atoms with Crippen LogP contribution >= 0.6 is 0 Å². The van der Waals surface area contributed by atoms with E-state index in [0.717, 1.165) is 5.82 Å². The third-order valence-corrected chi connectivity index (χ3v) is 9.20. The Balaban J connectivity index is 1.60. The number of imidazole rings is 1. The Kier molecular flexibility index (Phi) is 5.88. The van der Waals surface area contributed by atoms with Gasteiger partial charge in [-0.3, -0.25) is 4.57 Å². The number of rotatable bonds is 4. The summed E-state index contributed by atoms with van der Waals surface area (Å²) in [6.45, 7) is 0. The molecule has 2 aromatic heterocycles. The highest BCUT2D eigenvalue weighted by Gasteiger charge is 2.31. The van der Waals surface area contributed by atoms with Crippen LogP contribution in [-0.4, -0.2) is 14.1 Å². The van der Waals surface area contributed by atoms with E-state index < -0.39 is 0 Å². The van der Waals surface area contributed by atoms with Crippen LogP contribution in [-0.2, 0) is 7.05 Å². The number of hydrogen-bond acceptors (Lipinski definition) is 1. The third-order valence-electron chi connectivity index (χ3n) is 9.20. The summed E-state index contributed by atoms with van der Waals surface area (Å²) >= 11 is 0. The third kappa shape index (κ3) is 3.82. The van der Waals surface area contributed by atoms with Gasteiger partial charge in [0.25, 0.3) is 0 Å². The summed E-state index contributed by atoms with van der Waals surface area (Å²) in [4.78, 5) is 4.94. The van der Waals surface area contributed by atoms with Gasteiger partial charge in [0, 0.05) is 46.9 Å². The largest absolute Gasteiger partial charge is 0.343 e. The summed E-state index contributed by atoms with van der Waals surface area (Å²) in [5, 5.41) is 2.85. The zero-order valence-electron chi connectivity index (χ0n) is 22.0. The second-order valence-corrected chi connectivity index (χ2v) is 11.4. The van der Waals surface area contributed by atoms with Gasteiger partial charge >= 0.3 is 0 Å². The normalized spacial score (nSPS) is 17.6. The minimum atomic E-state index is 0.587. The highest BCUT2D eigenvalue weighted by Crippen LogP contribution is 2.48. The van der Waals surface area contributed by atoms with Gasteiger partial charge in [-0.25, -0.2) is 4.98 Å². The van der Waals surface area contributed by atoms with Gasteiger partial charge < -0.3 is 4.57 Å². The van der Waals surface area contributed by atoms with Gasteiger partial charge in [-0.15, -0.1) is 0 Å². The van der Waals surface area contributed by atoms with Crippen molar-refractivity contribution in [2.45, 2.75) is 76.0 Å². The Labute approximate surface area is 220 Å². The first-order chi connectivity index (χ1) is 18.3. The average Bonchev–Trinajstić information content (AvgIpc) is 3.57. The number of benzene rings is 3. The fraction of sp³-hybridized carbons (Fsp3) is 0.382. The molecule has 0 N–H and O–H groups in total. The summed E-state index contributed by atoms with van der Waals surface area (Å²) in [5.41, 5.74) is 8.54. The van der Waals surface area contributed by atoms with Crippen molar-refractivity contribution in [1.82, 2.24) is 14.1 Å². The Morgan fingerprint density at radius 2 is 1.41 bits per heavy atom. The van der Waals surface area contributed by atoms with Gasteiger partial charge in [-0.2, -0.15) is 0 Å². The lowest BCUT2D eigenvalue weighted by atomic mass is 9.77. The van der Waals surface area contributed by atoms with E-state index in [4.69, 9.17) is 4.98 Å². The fourth-order valence-electron chi connectivity index (χ4n) is 7.44. The summed E-state index contributed by atoms with van der Waals surface area (Å²) in [6.07, 6.45) is 17.5. The summed E-state index contributed by atoms with van der Waals surface area (Å²) in [6, 6.07) is 22.4. The van der Waals surface area contributed by atoms with E-state index >= 15 is 0 Å². The van der Waals surface area contributed by atoms with Gasteiger partial charge in [-0.1, -0.05) is 87.1 Å². The molecular formula is C34H37N3. The van der Waals surface area contributed by atoms with Gasteiger partial charge in [0.2, 0.25) is 0 Å². The molecule has 37 heavy (non-hydrogen) atoms. The summed E-state index contributed by atoms with van der Waals surface area (Å²) in [5.74, 6) is 2.26. The van der Waals surface area contributed by atoms with Crippen LogP contribution in [0.15, 0.2) is 73.1 Å². The van der Waals surface area contributed by atoms with E-state index in [1.165, 1.54) is 97.3 Å². The lowest BCUT2D eigenvalue weighted by molar-refractivity contribution is 0.435. The van der Waals surface area contributed by atoms with Crippen LogP contribution in [0.3, 0.4) is 0 Å². The molecule has 0 aliphatic heterocycles. The lowest BCUT2D eigenvalue weighted by Gasteiger charge is -2.31. The average molecular weight is 488 g/mol. The predicted molar refractivity (Wildman–Crippen MR) is 155 cm³/mol. The topological polar surface area (TPSA) is 22.8 Å². The molecule has 0 bridgehead atoms. The van der Waals surface area contributed by atoms with Crippen molar-refractivity contribution in [1.29, 1.82) is 0 Å². The number of hydrogen-bond donors (Lipinski definition) is 0. The van der Waals surface area contributed by atoms with E-state index in [-0.39, 0.29) is 0 Å². The Morgan fingerprint density at radius 1 is 0.730 bits per heavy atom. The van der Waals surface area contributed by atoms with Gasteiger partial charge in [0.05, 0.1) is 11.2 Å². The van der Waals surface area contributed by atoms with Crippen molar-refractivity contribution in [3.63, 3.8) is 0 Å². The maximum absolute atomic E-state index is 4.94. The molecule has 3 aromatic carbocycles. The molecule has 0 atom stereocenters. The van der Waals surface area contributed by atoms with Gasteiger partial charge in [0.15, 0.2) is 0 Å². The zero-order chi connectivity index (χ0) is 24.8. The summed E-state index contributed by atoms with van der Waals surface area (Å²) in [7, 11) is 2.28. The number of nitrogens with zero attached hydrogens (tertiary/aromatic N) is 3. The van der Waals surface area contributed by atoms with Crippen LogP contribution in [0.1, 0.15) is 87.2 Å². The molecule has 2 saturated carbocycles. The maximum atomic E-state index is 4.94. The molecule has 188 valence electrons. The van der Waals surface area contributed by atoms with E-state index in [9.17, 15) is 0 Å². The van der Waals surface area contributed by atoms with Crippen LogP contribution in [0.25, 0.3) is 38.9 Å². The summed E-state index contributed by atoms with van der Waals surface area (Å²) < 4.78 is 4.95. The molecule has 0 spiro atoms. The van der Waals surface area contributed by atoms with Gasteiger partial charge in [-0.05, 0) is 55.2 Å². The molecule has 0 amide bonds. The monoisotopic (exact) mass is 487 g/mol. The molecule has 2 aliphatic rings. The standard InChI is InChI=1S/C34H37N3/c1-36-30-20-12-11-19-27(30)29-23-28(24-13-5-2-6-14-24)33(31(32(29)36)25-15-7-3-8-16-25)37-22-21-35-34(37)26-17-9-4-10-18-26/h4,9-12,17-25H,2-3,5-8,13-16H2,1H3. The molecule has 0 radical (unpaired) electrons. The lowest BCUT2D eigenvalue weighted by Crippen LogP contribution is -2.16. The minimum Gasteiger partial charge on any atom is -0.343 e. The molecule has 3 heteroatoms. The predicted octanol–water partition coefficient (Wildman–Crippen LogP) is 9.28. The van der Waals surface area contributed by atoms with Crippen molar-refractivity contribution >= 4 is 21.8 Å². The van der Waals surface area contributed by atoms with Crippen LogP contribution < -0.4 is 0 Å². The molecule has 0 saturated heterocycles. The van der Waals surface area contributed by atoms with Gasteiger partial charge in [0.1, 0.15) is 5.82 Å². The smallest absolute Gasteiger partial charge is 0.144 e. The SMILES string of the molecule is Cn1c2ccccc2c2cc(C3CCCCC3)c(-n3ccnc3-c3ccccc3)c(C3CCCCC3)c21. The number of para-hydroxylation sites is 1. The van der Waals surface area contributed by atoms with Crippen LogP contribution in [0.4, 0.5) is 0 Å². The van der Waals surface area contributed by atoms with Crippen molar-refractivity contribution in [2.75, 3.05) is 0 Å². The zero-order valence-corrected chi connectivity index (χ0v) is 22.0. The second-order valence-electron chi connectivity index (χ2n) is 11.4. The molecule has 2 heterocycles. The Hall–Kier alpha value is -3.33. The Bertz CT molecular complexity index is 1540. The van der Waals surface area contributed by atoms with Crippen LogP contribution in [0.2, 0.25) is 0 Å². The van der Waals surface area contributed by atoms with E-state index in [0.29, 0.717) is 11.8 Å². The highest BCUT2D eigenvalue weighted by molar-refractivity contribution is 6.10. The quantitative estimate of drug-likeness (QED) is 0.248. The molecule has 0 unspecified atom stereocenters. The number of aromatic nitrogens is 3. The number of fused-ring (bicyclic) bond motifs is 3. The van der Waals surface area contributed by atoms with E-state index in [1.807, 2.05) is 6.20 Å². The van der Waals surface area contributed by atoms with Crippen LogP contribution in [0.5, 0.6) is 0 Å². The first-order valence-electron chi connectivity index (χ1n) is 14.4. The van der Waals surface area contributed by atoms with Crippen molar-refractivity contribution < 1.29 is 0 Å². The molecule has 3 nitrogen and oxygen atoms in total.